The fourth-order valence-corrected chi connectivity index (χ4v) is 2.27. The van der Waals surface area contributed by atoms with Gasteiger partial charge in [-0.2, -0.15) is 0 Å². The lowest BCUT2D eigenvalue weighted by Gasteiger charge is -2.28. The predicted octanol–water partition coefficient (Wildman–Crippen LogP) is 4.95. The lowest BCUT2D eigenvalue weighted by atomic mass is 10.2. The van der Waals surface area contributed by atoms with Crippen molar-refractivity contribution in [1.82, 2.24) is 20.5 Å². The molecule has 0 spiro atoms. The molecule has 8 nitrogen and oxygen atoms in total. The Hall–Kier alpha value is -2.45. The summed E-state index contributed by atoms with van der Waals surface area (Å²) < 4.78 is 0. The van der Waals surface area contributed by atoms with Crippen LogP contribution in [0.5, 0.6) is 0 Å². The van der Waals surface area contributed by atoms with E-state index in [0.29, 0.717) is 17.5 Å². The van der Waals surface area contributed by atoms with Crippen LogP contribution in [0.25, 0.3) is 11.4 Å². The second-order valence-corrected chi connectivity index (χ2v) is 7.24. The number of hydrogen-bond donors (Lipinski definition) is 4. The summed E-state index contributed by atoms with van der Waals surface area (Å²) >= 11 is 0. The highest BCUT2D eigenvalue weighted by atomic mass is 15.3. The minimum atomic E-state index is 0.362. The molecular weight excluding hydrogens is 400 g/mol. The lowest BCUT2D eigenvalue weighted by molar-refractivity contribution is 0.584. The van der Waals surface area contributed by atoms with Crippen LogP contribution < -0.4 is 27.2 Å². The van der Waals surface area contributed by atoms with Crippen LogP contribution in [-0.2, 0) is 0 Å². The monoisotopic (exact) mass is 448 g/mol. The third-order valence-electron chi connectivity index (χ3n) is 3.42. The van der Waals surface area contributed by atoms with Crippen LogP contribution >= 0.6 is 0 Å². The molecule has 1 aromatic heterocycles. The van der Waals surface area contributed by atoms with Crippen molar-refractivity contribution in [3.05, 3.63) is 24.3 Å². The number of aromatic nitrogens is 3. The Morgan fingerprint density at radius 3 is 1.88 bits per heavy atom. The minimum Gasteiger partial charge on any atom is -0.379 e. The molecule has 1 aliphatic heterocycles. The molecule has 1 saturated heterocycles. The van der Waals surface area contributed by atoms with E-state index in [1.54, 1.807) is 0 Å². The Morgan fingerprint density at radius 2 is 1.44 bits per heavy atom. The molecule has 0 amide bonds. The summed E-state index contributed by atoms with van der Waals surface area (Å²) in [5.41, 5.74) is 10.2. The third kappa shape index (κ3) is 13.1. The molecule has 0 saturated carbocycles. The van der Waals surface area contributed by atoms with E-state index in [1.165, 1.54) is 6.42 Å². The quantitative estimate of drug-likeness (QED) is 0.385. The molecule has 2 heterocycles. The summed E-state index contributed by atoms with van der Waals surface area (Å²) in [4.78, 5) is 6.69. The molecule has 0 aliphatic carbocycles. The average Bonchev–Trinajstić information content (AvgIpc) is 2.83. The second kappa shape index (κ2) is 20.5. The number of nitrogens with one attached hydrogen (secondary N) is 2. The molecule has 0 atom stereocenters. The number of nitrogen functional groups attached to an aromatic ring is 2. The standard InChI is InChI=1S/C13H18N8.C4H10.C3H8.2C2H6/c14-11-13(21-7-5-16-6-8-21)17-12(20-19-11)9-1-3-10(18-15)4-2-9;1-4(2)3;1-3-2;2*1-2/h1-4,16,18H,5-8,15H2,(H2,14,19);4H,1-3H3;3H2,1-2H3;2*1-2H3. The van der Waals surface area contributed by atoms with Gasteiger partial charge < -0.3 is 21.4 Å². The highest BCUT2D eigenvalue weighted by Gasteiger charge is 2.17. The van der Waals surface area contributed by atoms with E-state index >= 15 is 0 Å². The smallest absolute Gasteiger partial charge is 0.189 e. The van der Waals surface area contributed by atoms with E-state index in [-0.39, 0.29) is 0 Å². The van der Waals surface area contributed by atoms with Gasteiger partial charge in [-0.1, -0.05) is 68.7 Å². The number of piperazine rings is 1. The van der Waals surface area contributed by atoms with Gasteiger partial charge in [0.1, 0.15) is 0 Å². The SMILES string of the molecule is CC.CC.CC(C)C.CCC.NNc1ccc(-c2nnc(N)c(N3CCNCC3)n2)cc1. The minimum absolute atomic E-state index is 0.362. The molecule has 1 aliphatic rings. The summed E-state index contributed by atoms with van der Waals surface area (Å²) in [5.74, 6) is 7.81. The van der Waals surface area contributed by atoms with Crippen molar-refractivity contribution < 1.29 is 0 Å². The maximum Gasteiger partial charge on any atom is 0.189 e. The first-order valence-corrected chi connectivity index (χ1v) is 12.0. The van der Waals surface area contributed by atoms with Gasteiger partial charge in [-0.05, 0) is 30.2 Å². The van der Waals surface area contributed by atoms with Crippen LogP contribution in [0, 0.1) is 5.92 Å². The van der Waals surface area contributed by atoms with E-state index in [2.05, 4.69) is 65.4 Å². The van der Waals surface area contributed by atoms with Crippen LogP contribution in [0.1, 0.15) is 68.7 Å². The molecule has 0 unspecified atom stereocenters. The van der Waals surface area contributed by atoms with Crippen molar-refractivity contribution >= 4 is 17.3 Å². The first-order valence-electron chi connectivity index (χ1n) is 12.0. The van der Waals surface area contributed by atoms with Gasteiger partial charge in [0.2, 0.25) is 0 Å². The Morgan fingerprint density at radius 1 is 0.969 bits per heavy atom. The van der Waals surface area contributed by atoms with Crippen molar-refractivity contribution in [1.29, 1.82) is 0 Å². The fraction of sp³-hybridized carbons (Fsp3) is 0.625. The molecule has 1 fully saturated rings. The van der Waals surface area contributed by atoms with Gasteiger partial charge in [-0.25, -0.2) is 4.98 Å². The van der Waals surface area contributed by atoms with Gasteiger partial charge in [0.15, 0.2) is 17.5 Å². The number of hydrazine groups is 1. The molecule has 0 radical (unpaired) electrons. The molecule has 6 N–H and O–H groups in total. The summed E-state index contributed by atoms with van der Waals surface area (Å²) in [6, 6.07) is 7.51. The topological polar surface area (TPSA) is 118 Å². The van der Waals surface area contributed by atoms with Crippen LogP contribution in [0.15, 0.2) is 24.3 Å². The van der Waals surface area contributed by atoms with Gasteiger partial charge in [-0.15, -0.1) is 10.2 Å². The fourth-order valence-electron chi connectivity index (χ4n) is 2.27. The van der Waals surface area contributed by atoms with Gasteiger partial charge in [0, 0.05) is 37.4 Å². The number of anilines is 3. The maximum absolute atomic E-state index is 5.92. The molecule has 32 heavy (non-hydrogen) atoms. The molecule has 8 heteroatoms. The second-order valence-electron chi connectivity index (χ2n) is 7.24. The highest BCUT2D eigenvalue weighted by molar-refractivity contribution is 5.64. The van der Waals surface area contributed by atoms with Gasteiger partial charge in [0.05, 0.1) is 0 Å². The van der Waals surface area contributed by atoms with Crippen LogP contribution in [-0.4, -0.2) is 41.4 Å². The summed E-state index contributed by atoms with van der Waals surface area (Å²) in [5, 5.41) is 11.4. The predicted molar refractivity (Wildman–Crippen MR) is 142 cm³/mol. The Bertz CT molecular complexity index is 665. The zero-order valence-corrected chi connectivity index (χ0v) is 21.9. The van der Waals surface area contributed by atoms with Crippen LogP contribution in [0.2, 0.25) is 0 Å². The van der Waals surface area contributed by atoms with E-state index in [4.69, 9.17) is 11.6 Å². The third-order valence-corrected chi connectivity index (χ3v) is 3.42. The maximum atomic E-state index is 5.92. The van der Waals surface area contributed by atoms with Crippen LogP contribution in [0.3, 0.4) is 0 Å². The van der Waals surface area contributed by atoms with Crippen molar-refractivity contribution in [3.8, 4) is 11.4 Å². The number of nitrogens with two attached hydrogens (primary N) is 2. The molecule has 2 aromatic rings. The van der Waals surface area contributed by atoms with Gasteiger partial charge >= 0.3 is 0 Å². The molecule has 1 aromatic carbocycles. The molecule has 0 bridgehead atoms. The molecular formula is C24H48N8. The summed E-state index contributed by atoms with van der Waals surface area (Å²) in [6.07, 6.45) is 1.25. The van der Waals surface area contributed by atoms with Crippen LogP contribution in [0.4, 0.5) is 17.3 Å². The van der Waals surface area contributed by atoms with E-state index in [0.717, 1.165) is 43.3 Å². The number of benzene rings is 1. The number of rotatable bonds is 3. The van der Waals surface area contributed by atoms with E-state index in [1.807, 2.05) is 52.0 Å². The zero-order chi connectivity index (χ0) is 24.9. The Kier molecular flexibility index (Phi) is 20.3. The average molecular weight is 449 g/mol. The van der Waals surface area contributed by atoms with Crippen molar-refractivity contribution in [2.24, 2.45) is 11.8 Å². The largest absolute Gasteiger partial charge is 0.379 e. The normalized spacial score (nSPS) is 11.9. The summed E-state index contributed by atoms with van der Waals surface area (Å²) in [6.45, 7) is 22.3. The van der Waals surface area contributed by atoms with Crippen molar-refractivity contribution in [3.63, 3.8) is 0 Å². The molecule has 3 rings (SSSR count). The van der Waals surface area contributed by atoms with Gasteiger partial charge in [-0.3, -0.25) is 5.84 Å². The van der Waals surface area contributed by atoms with E-state index < -0.39 is 0 Å². The zero-order valence-electron chi connectivity index (χ0n) is 21.9. The van der Waals surface area contributed by atoms with Crippen molar-refractivity contribution in [2.45, 2.75) is 68.7 Å². The highest BCUT2D eigenvalue weighted by Crippen LogP contribution is 2.23. The first-order chi connectivity index (χ1) is 15.4. The summed E-state index contributed by atoms with van der Waals surface area (Å²) in [7, 11) is 0. The number of hydrogen-bond acceptors (Lipinski definition) is 8. The van der Waals surface area contributed by atoms with Crippen molar-refractivity contribution in [2.75, 3.05) is 42.2 Å². The number of nitrogens with zero attached hydrogens (tertiary/aromatic N) is 4. The lowest BCUT2D eigenvalue weighted by Crippen LogP contribution is -2.44. The Labute approximate surface area is 196 Å². The Balaban J connectivity index is 0. The van der Waals surface area contributed by atoms with Gasteiger partial charge in [0.25, 0.3) is 0 Å². The first kappa shape index (κ1) is 31.7. The van der Waals surface area contributed by atoms with E-state index in [9.17, 15) is 0 Å². The molecule has 184 valence electrons.